The summed E-state index contributed by atoms with van der Waals surface area (Å²) in [4.78, 5) is 0. The van der Waals surface area contributed by atoms with Gasteiger partial charge in [-0.05, 0) is 63.5 Å². The SMILES string of the molecule is Brc1ccc(-c2ccc(OCc3ccccc3)cc2)c(I)c1. The summed E-state index contributed by atoms with van der Waals surface area (Å²) in [6.07, 6.45) is 0. The van der Waals surface area contributed by atoms with Crippen LogP contribution in [0.2, 0.25) is 0 Å². The van der Waals surface area contributed by atoms with E-state index in [1.165, 1.54) is 20.3 Å². The van der Waals surface area contributed by atoms with Crippen LogP contribution in [0.5, 0.6) is 5.75 Å². The number of rotatable bonds is 4. The number of hydrogen-bond donors (Lipinski definition) is 0. The van der Waals surface area contributed by atoms with Gasteiger partial charge in [-0.1, -0.05) is 64.5 Å². The van der Waals surface area contributed by atoms with Gasteiger partial charge in [-0.15, -0.1) is 0 Å². The highest BCUT2D eigenvalue weighted by atomic mass is 127. The quantitative estimate of drug-likeness (QED) is 0.411. The first-order valence-electron chi connectivity index (χ1n) is 6.94. The smallest absolute Gasteiger partial charge is 0.119 e. The molecular formula is C19H14BrIO. The zero-order valence-electron chi connectivity index (χ0n) is 11.8. The van der Waals surface area contributed by atoms with Gasteiger partial charge in [0.1, 0.15) is 12.4 Å². The van der Waals surface area contributed by atoms with Crippen LogP contribution >= 0.6 is 38.5 Å². The molecule has 0 spiro atoms. The lowest BCUT2D eigenvalue weighted by molar-refractivity contribution is 0.306. The van der Waals surface area contributed by atoms with Crippen LogP contribution < -0.4 is 4.74 Å². The lowest BCUT2D eigenvalue weighted by Gasteiger charge is -2.09. The lowest BCUT2D eigenvalue weighted by atomic mass is 10.1. The molecule has 0 aromatic heterocycles. The van der Waals surface area contributed by atoms with E-state index in [2.05, 4.69) is 81.0 Å². The zero-order chi connectivity index (χ0) is 15.4. The maximum absolute atomic E-state index is 5.82. The summed E-state index contributed by atoms with van der Waals surface area (Å²) in [5.41, 5.74) is 3.61. The molecule has 3 rings (SSSR count). The molecule has 110 valence electrons. The van der Waals surface area contributed by atoms with Crippen molar-refractivity contribution in [3.63, 3.8) is 0 Å². The van der Waals surface area contributed by atoms with E-state index in [1.807, 2.05) is 30.3 Å². The Morgan fingerprint density at radius 2 is 1.59 bits per heavy atom. The van der Waals surface area contributed by atoms with Crippen molar-refractivity contribution in [1.29, 1.82) is 0 Å². The fraction of sp³-hybridized carbons (Fsp3) is 0.0526. The molecule has 0 aliphatic heterocycles. The van der Waals surface area contributed by atoms with Crippen molar-refractivity contribution in [2.45, 2.75) is 6.61 Å². The molecule has 22 heavy (non-hydrogen) atoms. The first-order valence-corrected chi connectivity index (χ1v) is 8.82. The van der Waals surface area contributed by atoms with Crippen LogP contribution in [0.15, 0.2) is 77.3 Å². The van der Waals surface area contributed by atoms with Crippen molar-refractivity contribution in [3.05, 3.63) is 86.4 Å². The first-order chi connectivity index (χ1) is 10.7. The molecule has 0 aliphatic carbocycles. The van der Waals surface area contributed by atoms with E-state index >= 15 is 0 Å². The van der Waals surface area contributed by atoms with E-state index < -0.39 is 0 Å². The Hall–Kier alpha value is -1.33. The molecule has 0 heterocycles. The minimum absolute atomic E-state index is 0.593. The summed E-state index contributed by atoms with van der Waals surface area (Å²) in [7, 11) is 0. The van der Waals surface area contributed by atoms with Gasteiger partial charge >= 0.3 is 0 Å². The summed E-state index contributed by atoms with van der Waals surface area (Å²) in [6.45, 7) is 0.593. The molecule has 0 saturated carbocycles. The average Bonchev–Trinajstić information content (AvgIpc) is 2.55. The van der Waals surface area contributed by atoms with Crippen molar-refractivity contribution >= 4 is 38.5 Å². The summed E-state index contributed by atoms with van der Waals surface area (Å²) in [5, 5.41) is 0. The second kappa shape index (κ2) is 7.29. The van der Waals surface area contributed by atoms with Crippen LogP contribution in [0.3, 0.4) is 0 Å². The first kappa shape index (κ1) is 15.6. The van der Waals surface area contributed by atoms with Gasteiger partial charge in [-0.25, -0.2) is 0 Å². The van der Waals surface area contributed by atoms with E-state index in [0.717, 1.165) is 10.2 Å². The second-order valence-corrected chi connectivity index (χ2v) is 7.00. The molecule has 0 saturated heterocycles. The Balaban J connectivity index is 1.72. The molecule has 0 unspecified atom stereocenters. The molecule has 3 aromatic rings. The number of benzene rings is 3. The van der Waals surface area contributed by atoms with Gasteiger partial charge < -0.3 is 4.74 Å². The van der Waals surface area contributed by atoms with Gasteiger partial charge in [0, 0.05) is 8.04 Å². The number of hydrogen-bond acceptors (Lipinski definition) is 1. The predicted octanol–water partition coefficient (Wildman–Crippen LogP) is 6.30. The maximum atomic E-state index is 5.82. The van der Waals surface area contributed by atoms with E-state index in [-0.39, 0.29) is 0 Å². The molecule has 0 atom stereocenters. The molecule has 3 heteroatoms. The molecule has 0 bridgehead atoms. The highest BCUT2D eigenvalue weighted by Gasteiger charge is 2.04. The van der Waals surface area contributed by atoms with Gasteiger partial charge in [0.15, 0.2) is 0 Å². The van der Waals surface area contributed by atoms with E-state index in [0.29, 0.717) is 6.61 Å². The monoisotopic (exact) mass is 464 g/mol. The highest BCUT2D eigenvalue weighted by molar-refractivity contribution is 14.1. The Labute approximate surface area is 152 Å². The molecule has 0 aliphatic rings. The second-order valence-electron chi connectivity index (χ2n) is 4.92. The summed E-state index contributed by atoms with van der Waals surface area (Å²) in [5.74, 6) is 0.889. The Bertz CT molecular complexity index is 754. The predicted molar refractivity (Wildman–Crippen MR) is 103 cm³/mol. The summed E-state index contributed by atoms with van der Waals surface area (Å²) >= 11 is 5.86. The minimum Gasteiger partial charge on any atom is -0.489 e. The molecule has 0 N–H and O–H groups in total. The minimum atomic E-state index is 0.593. The Morgan fingerprint density at radius 3 is 2.27 bits per heavy atom. The fourth-order valence-electron chi connectivity index (χ4n) is 2.20. The van der Waals surface area contributed by atoms with Crippen molar-refractivity contribution in [2.75, 3.05) is 0 Å². The Kier molecular flexibility index (Phi) is 5.16. The third-order valence-electron chi connectivity index (χ3n) is 3.34. The number of halogens is 2. The van der Waals surface area contributed by atoms with Crippen LogP contribution in [0.1, 0.15) is 5.56 Å². The van der Waals surface area contributed by atoms with Crippen molar-refractivity contribution in [1.82, 2.24) is 0 Å². The lowest BCUT2D eigenvalue weighted by Crippen LogP contribution is -1.94. The normalized spacial score (nSPS) is 10.5. The Morgan fingerprint density at radius 1 is 0.864 bits per heavy atom. The highest BCUT2D eigenvalue weighted by Crippen LogP contribution is 2.29. The van der Waals surface area contributed by atoms with E-state index in [1.54, 1.807) is 0 Å². The molecular weight excluding hydrogens is 451 g/mol. The standard InChI is InChI=1S/C19H14BrIO/c20-16-8-11-18(19(21)12-16)15-6-9-17(10-7-15)22-13-14-4-2-1-3-5-14/h1-12H,13H2. The van der Waals surface area contributed by atoms with Crippen LogP contribution in [-0.4, -0.2) is 0 Å². The molecule has 0 radical (unpaired) electrons. The summed E-state index contributed by atoms with van der Waals surface area (Å²) < 4.78 is 8.15. The van der Waals surface area contributed by atoms with Crippen molar-refractivity contribution in [3.8, 4) is 16.9 Å². The van der Waals surface area contributed by atoms with Gasteiger partial charge in [0.25, 0.3) is 0 Å². The van der Waals surface area contributed by atoms with Crippen LogP contribution in [0.4, 0.5) is 0 Å². The molecule has 3 aromatic carbocycles. The molecule has 1 nitrogen and oxygen atoms in total. The van der Waals surface area contributed by atoms with Crippen molar-refractivity contribution < 1.29 is 4.74 Å². The molecule has 0 amide bonds. The van der Waals surface area contributed by atoms with Gasteiger partial charge in [0.05, 0.1) is 0 Å². The summed E-state index contributed by atoms with van der Waals surface area (Å²) in [6, 6.07) is 24.8. The van der Waals surface area contributed by atoms with Gasteiger partial charge in [0.2, 0.25) is 0 Å². The fourth-order valence-corrected chi connectivity index (χ4v) is 3.81. The molecule has 0 fully saturated rings. The zero-order valence-corrected chi connectivity index (χ0v) is 15.5. The third kappa shape index (κ3) is 3.90. The van der Waals surface area contributed by atoms with E-state index in [9.17, 15) is 0 Å². The van der Waals surface area contributed by atoms with Gasteiger partial charge in [-0.2, -0.15) is 0 Å². The van der Waals surface area contributed by atoms with Crippen molar-refractivity contribution in [2.24, 2.45) is 0 Å². The van der Waals surface area contributed by atoms with E-state index in [4.69, 9.17) is 4.74 Å². The van der Waals surface area contributed by atoms with Gasteiger partial charge in [-0.3, -0.25) is 0 Å². The number of ether oxygens (including phenoxy) is 1. The van der Waals surface area contributed by atoms with Crippen LogP contribution in [0, 0.1) is 3.57 Å². The maximum Gasteiger partial charge on any atom is 0.119 e. The topological polar surface area (TPSA) is 9.23 Å². The van der Waals surface area contributed by atoms with Crippen LogP contribution in [-0.2, 0) is 6.61 Å². The third-order valence-corrected chi connectivity index (χ3v) is 4.73. The largest absolute Gasteiger partial charge is 0.489 e. The van der Waals surface area contributed by atoms with Crippen LogP contribution in [0.25, 0.3) is 11.1 Å². The average molecular weight is 465 g/mol.